The second-order valence-corrected chi connectivity index (χ2v) is 6.28. The number of carbonyl (C=O) groups is 1. The molecular formula is C15H30N2O. The molecule has 3 nitrogen and oxygen atoms in total. The van der Waals surface area contributed by atoms with Gasteiger partial charge in [-0.15, -0.1) is 0 Å². The molecule has 0 aromatic carbocycles. The van der Waals surface area contributed by atoms with Crippen molar-refractivity contribution < 1.29 is 4.79 Å². The number of nitrogens with one attached hydrogen (secondary N) is 1. The topological polar surface area (TPSA) is 32.3 Å². The molecule has 0 aromatic rings. The minimum atomic E-state index is 0.143. The molecule has 1 saturated heterocycles. The maximum absolute atomic E-state index is 12.5. The van der Waals surface area contributed by atoms with Gasteiger partial charge in [-0.25, -0.2) is 0 Å². The Bertz CT molecular complexity index is 263. The molecule has 0 aromatic heterocycles. The first kappa shape index (κ1) is 15.5. The van der Waals surface area contributed by atoms with E-state index in [2.05, 4.69) is 44.8 Å². The molecule has 3 heteroatoms. The number of likely N-dealkylation sites (tertiary alicyclic amines) is 1. The van der Waals surface area contributed by atoms with Gasteiger partial charge in [0.15, 0.2) is 0 Å². The Morgan fingerprint density at radius 3 is 2.44 bits per heavy atom. The Hall–Kier alpha value is -0.570. The van der Waals surface area contributed by atoms with E-state index in [0.29, 0.717) is 23.9 Å². The van der Waals surface area contributed by atoms with Gasteiger partial charge in [0.25, 0.3) is 0 Å². The molecule has 1 rings (SSSR count). The predicted octanol–water partition coefficient (Wildman–Crippen LogP) is 2.66. The minimum Gasteiger partial charge on any atom is -0.338 e. The lowest BCUT2D eigenvalue weighted by Gasteiger charge is -2.38. The number of rotatable bonds is 5. The van der Waals surface area contributed by atoms with Crippen molar-refractivity contribution in [3.05, 3.63) is 0 Å². The highest BCUT2D eigenvalue weighted by molar-refractivity contribution is 5.79. The zero-order valence-corrected chi connectivity index (χ0v) is 12.7. The van der Waals surface area contributed by atoms with Gasteiger partial charge in [0, 0.05) is 31.1 Å². The molecule has 2 atom stereocenters. The van der Waals surface area contributed by atoms with Gasteiger partial charge < -0.3 is 10.2 Å². The minimum absolute atomic E-state index is 0.143. The van der Waals surface area contributed by atoms with Crippen molar-refractivity contribution in [2.24, 2.45) is 11.8 Å². The van der Waals surface area contributed by atoms with Gasteiger partial charge in [0.1, 0.15) is 0 Å². The van der Waals surface area contributed by atoms with Crippen molar-refractivity contribution in [2.45, 2.75) is 66.0 Å². The monoisotopic (exact) mass is 254 g/mol. The first-order valence-corrected chi connectivity index (χ1v) is 7.47. The smallest absolute Gasteiger partial charge is 0.225 e. The molecule has 1 N–H and O–H groups in total. The van der Waals surface area contributed by atoms with Crippen LogP contribution in [0.3, 0.4) is 0 Å². The lowest BCUT2D eigenvalue weighted by molar-refractivity contribution is -0.140. The Morgan fingerprint density at radius 1 is 1.22 bits per heavy atom. The van der Waals surface area contributed by atoms with Gasteiger partial charge in [-0.05, 0) is 25.2 Å². The summed E-state index contributed by atoms with van der Waals surface area (Å²) >= 11 is 0. The van der Waals surface area contributed by atoms with Crippen LogP contribution in [0.2, 0.25) is 0 Å². The molecular weight excluding hydrogens is 224 g/mol. The second-order valence-electron chi connectivity index (χ2n) is 6.28. The van der Waals surface area contributed by atoms with E-state index in [0.717, 1.165) is 25.9 Å². The van der Waals surface area contributed by atoms with Crippen LogP contribution in [0, 0.1) is 11.8 Å². The summed E-state index contributed by atoms with van der Waals surface area (Å²) in [5, 5.41) is 3.47. The van der Waals surface area contributed by atoms with E-state index in [9.17, 15) is 4.79 Å². The number of amides is 1. The van der Waals surface area contributed by atoms with Gasteiger partial charge in [0.05, 0.1) is 0 Å². The van der Waals surface area contributed by atoms with Gasteiger partial charge in [-0.3, -0.25) is 4.79 Å². The molecule has 0 saturated carbocycles. The maximum Gasteiger partial charge on any atom is 0.225 e. The fraction of sp³-hybridized carbons (Fsp3) is 0.933. The third-order valence-electron chi connectivity index (χ3n) is 4.06. The second kappa shape index (κ2) is 7.13. The Morgan fingerprint density at radius 2 is 1.89 bits per heavy atom. The van der Waals surface area contributed by atoms with Crippen LogP contribution >= 0.6 is 0 Å². The molecule has 0 spiro atoms. The SMILES string of the molecule is CC(C)NC[C@@H]1CCCCN1C(=O)[C@@H](C)C(C)C. The van der Waals surface area contributed by atoms with Gasteiger partial charge in [0.2, 0.25) is 5.91 Å². The summed E-state index contributed by atoms with van der Waals surface area (Å²) < 4.78 is 0. The molecule has 0 unspecified atom stereocenters. The van der Waals surface area contributed by atoms with E-state index >= 15 is 0 Å². The summed E-state index contributed by atoms with van der Waals surface area (Å²) in [5.41, 5.74) is 0. The van der Waals surface area contributed by atoms with E-state index in [1.807, 2.05) is 0 Å². The van der Waals surface area contributed by atoms with Crippen LogP contribution in [-0.4, -0.2) is 36.0 Å². The standard InChI is InChI=1S/C15H30N2O/c1-11(2)13(5)15(18)17-9-7-6-8-14(17)10-16-12(3)4/h11-14,16H,6-10H2,1-5H3/t13-,14-/m0/s1. The number of carbonyl (C=O) groups excluding carboxylic acids is 1. The van der Waals surface area contributed by atoms with E-state index in [1.54, 1.807) is 0 Å². The maximum atomic E-state index is 12.5. The fourth-order valence-electron chi connectivity index (χ4n) is 2.42. The van der Waals surface area contributed by atoms with Crippen LogP contribution in [0.15, 0.2) is 0 Å². The van der Waals surface area contributed by atoms with E-state index in [-0.39, 0.29) is 5.92 Å². The molecule has 0 aliphatic carbocycles. The van der Waals surface area contributed by atoms with Crippen LogP contribution in [0.5, 0.6) is 0 Å². The lowest BCUT2D eigenvalue weighted by atomic mass is 9.93. The summed E-state index contributed by atoms with van der Waals surface area (Å²) in [5.74, 6) is 0.919. The molecule has 0 radical (unpaired) electrons. The highest BCUT2D eigenvalue weighted by Crippen LogP contribution is 2.22. The number of nitrogens with zero attached hydrogens (tertiary/aromatic N) is 1. The van der Waals surface area contributed by atoms with Crippen LogP contribution in [0.1, 0.15) is 53.9 Å². The van der Waals surface area contributed by atoms with Crippen molar-refractivity contribution in [2.75, 3.05) is 13.1 Å². The number of piperidine rings is 1. The molecule has 106 valence electrons. The van der Waals surface area contributed by atoms with E-state index in [1.165, 1.54) is 6.42 Å². The van der Waals surface area contributed by atoms with Crippen LogP contribution in [0.4, 0.5) is 0 Å². The first-order valence-electron chi connectivity index (χ1n) is 7.47. The van der Waals surface area contributed by atoms with Crippen molar-refractivity contribution >= 4 is 5.91 Å². The number of hydrogen-bond acceptors (Lipinski definition) is 2. The molecule has 1 heterocycles. The Kier molecular flexibility index (Phi) is 6.13. The molecule has 1 amide bonds. The third-order valence-corrected chi connectivity index (χ3v) is 4.06. The number of hydrogen-bond donors (Lipinski definition) is 1. The molecule has 0 bridgehead atoms. The quantitative estimate of drug-likeness (QED) is 0.818. The molecule has 1 aliphatic rings. The largest absolute Gasteiger partial charge is 0.338 e. The normalized spacial score (nSPS) is 22.6. The summed E-state index contributed by atoms with van der Waals surface area (Å²) in [4.78, 5) is 14.6. The van der Waals surface area contributed by atoms with Gasteiger partial charge >= 0.3 is 0 Å². The molecule has 1 fully saturated rings. The highest BCUT2D eigenvalue weighted by atomic mass is 16.2. The Labute approximate surface area is 112 Å². The van der Waals surface area contributed by atoms with Crippen molar-refractivity contribution in [3.63, 3.8) is 0 Å². The lowest BCUT2D eigenvalue weighted by Crippen LogP contribution is -2.51. The molecule has 1 aliphatic heterocycles. The predicted molar refractivity (Wildman–Crippen MR) is 76.5 cm³/mol. The highest BCUT2D eigenvalue weighted by Gasteiger charge is 2.30. The average Bonchev–Trinajstić information content (AvgIpc) is 2.34. The fourth-order valence-corrected chi connectivity index (χ4v) is 2.42. The molecule has 18 heavy (non-hydrogen) atoms. The third kappa shape index (κ3) is 4.27. The van der Waals surface area contributed by atoms with Crippen LogP contribution in [-0.2, 0) is 4.79 Å². The van der Waals surface area contributed by atoms with Crippen LogP contribution in [0.25, 0.3) is 0 Å². The van der Waals surface area contributed by atoms with Gasteiger partial charge in [-0.2, -0.15) is 0 Å². The average molecular weight is 254 g/mol. The van der Waals surface area contributed by atoms with E-state index in [4.69, 9.17) is 0 Å². The van der Waals surface area contributed by atoms with Gasteiger partial charge in [-0.1, -0.05) is 34.6 Å². The summed E-state index contributed by atoms with van der Waals surface area (Å²) in [6.07, 6.45) is 3.56. The van der Waals surface area contributed by atoms with Crippen molar-refractivity contribution in [1.29, 1.82) is 0 Å². The van der Waals surface area contributed by atoms with Crippen LogP contribution < -0.4 is 5.32 Å². The van der Waals surface area contributed by atoms with Crippen molar-refractivity contribution in [1.82, 2.24) is 10.2 Å². The first-order chi connectivity index (χ1) is 8.43. The van der Waals surface area contributed by atoms with Crippen molar-refractivity contribution in [3.8, 4) is 0 Å². The zero-order valence-electron chi connectivity index (χ0n) is 12.7. The Balaban J connectivity index is 2.61. The summed E-state index contributed by atoms with van der Waals surface area (Å²) in [6, 6.07) is 0.890. The summed E-state index contributed by atoms with van der Waals surface area (Å²) in [7, 11) is 0. The van der Waals surface area contributed by atoms with E-state index < -0.39 is 0 Å². The zero-order chi connectivity index (χ0) is 13.7. The summed E-state index contributed by atoms with van der Waals surface area (Å²) in [6.45, 7) is 12.5.